The maximum Gasteiger partial charge on any atom is 0.305 e. The van der Waals surface area contributed by atoms with Crippen LogP contribution in [-0.4, -0.2) is 28.6 Å². The topological polar surface area (TPSA) is 66.8 Å². The van der Waals surface area contributed by atoms with Gasteiger partial charge in [0.25, 0.3) is 5.91 Å². The number of nitrogens with zero attached hydrogens (tertiary/aromatic N) is 1. The number of hydrogen-bond donors (Lipinski definition) is 1. The van der Waals surface area contributed by atoms with Gasteiger partial charge < -0.3 is 5.11 Å². The van der Waals surface area contributed by atoms with Gasteiger partial charge in [-0.15, -0.1) is 0 Å². The molecule has 0 fully saturated rings. The quantitative estimate of drug-likeness (QED) is 0.789. The number of rotatable bonds is 7. The third kappa shape index (κ3) is 5.39. The van der Waals surface area contributed by atoms with Gasteiger partial charge in [-0.05, 0) is 29.8 Å². The van der Waals surface area contributed by atoms with Crippen LogP contribution in [0.25, 0.3) is 0 Å². The van der Waals surface area contributed by atoms with E-state index >= 15 is 0 Å². The highest BCUT2D eigenvalue weighted by Crippen LogP contribution is 2.13. The molecule has 6 heteroatoms. The molecule has 1 amide bonds. The standard InChI is InChI=1S/C17H16ClNO4/c18-15-8-4-5-13(11-15)12-23-19(10-9-16(20)21)17(22)14-6-2-1-3-7-14/h1-8,11H,9-10,12H2,(H,20,21). The van der Waals surface area contributed by atoms with Gasteiger partial charge in [-0.1, -0.05) is 41.9 Å². The van der Waals surface area contributed by atoms with E-state index < -0.39 is 5.97 Å². The van der Waals surface area contributed by atoms with Crippen LogP contribution in [0.1, 0.15) is 22.3 Å². The minimum Gasteiger partial charge on any atom is -0.481 e. The maximum atomic E-state index is 12.4. The zero-order valence-corrected chi connectivity index (χ0v) is 13.1. The predicted octanol–water partition coefficient (Wildman–Crippen LogP) is 3.39. The molecule has 0 saturated heterocycles. The van der Waals surface area contributed by atoms with Crippen molar-refractivity contribution >= 4 is 23.5 Å². The summed E-state index contributed by atoms with van der Waals surface area (Å²) in [7, 11) is 0. The van der Waals surface area contributed by atoms with Crippen LogP contribution in [-0.2, 0) is 16.2 Å². The first-order valence-electron chi connectivity index (χ1n) is 7.02. The van der Waals surface area contributed by atoms with Crippen molar-refractivity contribution in [1.82, 2.24) is 5.06 Å². The Hall–Kier alpha value is -2.37. The number of carbonyl (C=O) groups excluding carboxylic acids is 1. The molecule has 0 aliphatic rings. The second-order valence-electron chi connectivity index (χ2n) is 4.82. The van der Waals surface area contributed by atoms with Crippen LogP contribution in [0, 0.1) is 0 Å². The van der Waals surface area contributed by atoms with Crippen LogP contribution in [0.5, 0.6) is 0 Å². The molecule has 23 heavy (non-hydrogen) atoms. The van der Waals surface area contributed by atoms with E-state index in [1.165, 1.54) is 0 Å². The van der Waals surface area contributed by atoms with Gasteiger partial charge in [0.2, 0.25) is 0 Å². The first kappa shape index (κ1) is 17.0. The highest BCUT2D eigenvalue weighted by Gasteiger charge is 2.17. The van der Waals surface area contributed by atoms with Crippen molar-refractivity contribution in [2.24, 2.45) is 0 Å². The Kier molecular flexibility index (Phi) is 6.14. The Bertz CT molecular complexity index is 675. The van der Waals surface area contributed by atoms with Crippen molar-refractivity contribution in [3.63, 3.8) is 0 Å². The van der Waals surface area contributed by atoms with Crippen molar-refractivity contribution in [3.8, 4) is 0 Å². The van der Waals surface area contributed by atoms with Crippen molar-refractivity contribution in [3.05, 3.63) is 70.7 Å². The van der Waals surface area contributed by atoms with Crippen molar-refractivity contribution in [1.29, 1.82) is 0 Å². The first-order valence-corrected chi connectivity index (χ1v) is 7.40. The lowest BCUT2D eigenvalue weighted by molar-refractivity contribution is -0.148. The Morgan fingerprint density at radius 2 is 1.83 bits per heavy atom. The van der Waals surface area contributed by atoms with E-state index in [1.807, 2.05) is 6.07 Å². The molecule has 2 aromatic rings. The zero-order chi connectivity index (χ0) is 16.7. The van der Waals surface area contributed by atoms with Crippen LogP contribution in [0.4, 0.5) is 0 Å². The van der Waals surface area contributed by atoms with Gasteiger partial charge in [-0.25, -0.2) is 5.06 Å². The molecule has 0 aliphatic carbocycles. The summed E-state index contributed by atoms with van der Waals surface area (Å²) in [4.78, 5) is 28.7. The van der Waals surface area contributed by atoms with Crippen molar-refractivity contribution in [2.45, 2.75) is 13.0 Å². The largest absolute Gasteiger partial charge is 0.481 e. The number of hydrogen-bond acceptors (Lipinski definition) is 3. The van der Waals surface area contributed by atoms with Gasteiger partial charge >= 0.3 is 5.97 Å². The third-order valence-corrected chi connectivity index (χ3v) is 3.29. The second kappa shape index (κ2) is 8.31. The number of aliphatic carboxylic acids is 1. The molecule has 5 nitrogen and oxygen atoms in total. The Morgan fingerprint density at radius 1 is 1.09 bits per heavy atom. The van der Waals surface area contributed by atoms with Gasteiger partial charge in [0.1, 0.15) is 6.61 Å². The summed E-state index contributed by atoms with van der Waals surface area (Å²) in [6.45, 7) is 0.0857. The zero-order valence-electron chi connectivity index (χ0n) is 12.3. The number of benzene rings is 2. The van der Waals surface area contributed by atoms with E-state index in [-0.39, 0.29) is 25.5 Å². The van der Waals surface area contributed by atoms with Crippen LogP contribution >= 0.6 is 11.6 Å². The molecule has 2 rings (SSSR count). The molecule has 0 bridgehead atoms. The summed E-state index contributed by atoms with van der Waals surface area (Å²) in [5.74, 6) is -1.38. The van der Waals surface area contributed by atoms with E-state index in [1.54, 1.807) is 48.5 Å². The first-order chi connectivity index (χ1) is 11.1. The lowest BCUT2D eigenvalue weighted by Crippen LogP contribution is -2.33. The van der Waals surface area contributed by atoms with Crippen LogP contribution < -0.4 is 0 Å². The Labute approximate surface area is 139 Å². The monoisotopic (exact) mass is 333 g/mol. The van der Waals surface area contributed by atoms with Crippen LogP contribution in [0.15, 0.2) is 54.6 Å². The fourth-order valence-electron chi connectivity index (χ4n) is 1.93. The smallest absolute Gasteiger partial charge is 0.305 e. The van der Waals surface area contributed by atoms with Crippen LogP contribution in [0.2, 0.25) is 5.02 Å². The van der Waals surface area contributed by atoms with E-state index in [0.29, 0.717) is 10.6 Å². The van der Waals surface area contributed by atoms with Gasteiger partial charge in [0.05, 0.1) is 13.0 Å². The van der Waals surface area contributed by atoms with E-state index in [9.17, 15) is 9.59 Å². The molecule has 0 spiro atoms. The summed E-state index contributed by atoms with van der Waals surface area (Å²) in [6, 6.07) is 15.6. The predicted molar refractivity (Wildman–Crippen MR) is 86.0 cm³/mol. The molecular weight excluding hydrogens is 318 g/mol. The van der Waals surface area contributed by atoms with Gasteiger partial charge in [0.15, 0.2) is 0 Å². The fourth-order valence-corrected chi connectivity index (χ4v) is 2.14. The van der Waals surface area contributed by atoms with Crippen molar-refractivity contribution < 1.29 is 19.5 Å². The molecule has 0 atom stereocenters. The van der Waals surface area contributed by atoms with Crippen molar-refractivity contribution in [2.75, 3.05) is 6.54 Å². The highest BCUT2D eigenvalue weighted by atomic mass is 35.5. The van der Waals surface area contributed by atoms with Crippen LogP contribution in [0.3, 0.4) is 0 Å². The Balaban J connectivity index is 2.07. The normalized spacial score (nSPS) is 10.3. The van der Waals surface area contributed by atoms with E-state index in [2.05, 4.69) is 0 Å². The summed E-state index contributed by atoms with van der Waals surface area (Å²) in [5.41, 5.74) is 1.22. The third-order valence-electron chi connectivity index (χ3n) is 3.05. The number of hydroxylamine groups is 2. The molecule has 0 unspecified atom stereocenters. The number of carboxylic acids is 1. The number of amides is 1. The number of halogens is 1. The summed E-state index contributed by atoms with van der Waals surface area (Å²) < 4.78 is 0. The molecule has 0 radical (unpaired) electrons. The average Bonchev–Trinajstić information content (AvgIpc) is 2.55. The molecule has 0 heterocycles. The SMILES string of the molecule is O=C(O)CCN(OCc1cccc(Cl)c1)C(=O)c1ccccc1. The fraction of sp³-hybridized carbons (Fsp3) is 0.176. The molecule has 0 aromatic heterocycles. The molecule has 2 aromatic carbocycles. The molecule has 1 N–H and O–H groups in total. The number of carboxylic acid groups (broad SMARTS) is 1. The lowest BCUT2D eigenvalue weighted by atomic mass is 10.2. The summed E-state index contributed by atoms with van der Waals surface area (Å²) in [6.07, 6.45) is -0.200. The highest BCUT2D eigenvalue weighted by molar-refractivity contribution is 6.30. The maximum absolute atomic E-state index is 12.4. The summed E-state index contributed by atoms with van der Waals surface area (Å²) >= 11 is 5.91. The van der Waals surface area contributed by atoms with Gasteiger partial charge in [-0.2, -0.15) is 0 Å². The second-order valence-corrected chi connectivity index (χ2v) is 5.26. The van der Waals surface area contributed by atoms with Gasteiger partial charge in [0, 0.05) is 10.6 Å². The average molecular weight is 334 g/mol. The Morgan fingerprint density at radius 3 is 2.48 bits per heavy atom. The van der Waals surface area contributed by atoms with Gasteiger partial charge in [-0.3, -0.25) is 14.4 Å². The van der Waals surface area contributed by atoms with E-state index in [4.69, 9.17) is 21.5 Å². The minimum absolute atomic E-state index is 0.0381. The van der Waals surface area contributed by atoms with E-state index in [0.717, 1.165) is 10.6 Å². The number of carbonyl (C=O) groups is 2. The lowest BCUT2D eigenvalue weighted by Gasteiger charge is -2.21. The molecule has 120 valence electrons. The summed E-state index contributed by atoms with van der Waals surface area (Å²) in [5, 5.41) is 10.5. The molecule has 0 saturated carbocycles. The minimum atomic E-state index is -0.998. The molecule has 0 aliphatic heterocycles. The molecular formula is C17H16ClNO4.